The maximum atomic E-state index is 16.9. The van der Waals surface area contributed by atoms with Crippen LogP contribution in [0.2, 0.25) is 0 Å². The Morgan fingerprint density at radius 2 is 2.00 bits per heavy atom. The first-order valence-corrected chi connectivity index (χ1v) is 12.6. The summed E-state index contributed by atoms with van der Waals surface area (Å²) in [5, 5.41) is 32.0. The van der Waals surface area contributed by atoms with E-state index in [0.29, 0.717) is 30.7 Å². The van der Waals surface area contributed by atoms with Crippen LogP contribution in [0, 0.1) is 28.6 Å². The predicted octanol–water partition coefficient (Wildman–Crippen LogP) is 1.06. The number of rotatable bonds is 2. The summed E-state index contributed by atoms with van der Waals surface area (Å²) in [4.78, 5) is 40.0. The van der Waals surface area contributed by atoms with Gasteiger partial charge in [-0.1, -0.05) is 25.5 Å². The number of aliphatic imine (C=N–C) groups is 1. The molecule has 6 rings (SSSR count). The molecular formula is C26H34FN3O6. The molecule has 0 aromatic carbocycles. The predicted molar refractivity (Wildman–Crippen MR) is 127 cm³/mol. The lowest BCUT2D eigenvalue weighted by Crippen LogP contribution is -2.69. The Morgan fingerprint density at radius 3 is 2.53 bits per heavy atom. The molecule has 9 nitrogen and oxygen atoms in total. The van der Waals surface area contributed by atoms with Gasteiger partial charge in [-0.15, -0.1) is 0 Å². The number of ketones is 2. The van der Waals surface area contributed by atoms with Crippen molar-refractivity contribution in [3.05, 3.63) is 23.8 Å². The van der Waals surface area contributed by atoms with Crippen LogP contribution in [0.25, 0.3) is 0 Å². The molecule has 1 saturated heterocycles. The normalized spacial score (nSPS) is 48.1. The highest BCUT2D eigenvalue weighted by Gasteiger charge is 2.75. The Balaban J connectivity index is 0.000000280. The summed E-state index contributed by atoms with van der Waals surface area (Å²) in [6.45, 7) is 5.27. The lowest BCUT2D eigenvalue weighted by atomic mass is 9.44. The minimum absolute atomic E-state index is 0.0676. The number of urea groups is 1. The fourth-order valence-corrected chi connectivity index (χ4v) is 8.11. The summed E-state index contributed by atoms with van der Waals surface area (Å²) in [6.07, 6.45) is 4.44. The number of hydrogen-bond donors (Lipinski definition) is 4. The molecule has 0 bridgehead atoms. The van der Waals surface area contributed by atoms with Gasteiger partial charge in [-0.05, 0) is 56.6 Å². The van der Waals surface area contributed by atoms with Crippen LogP contribution >= 0.6 is 0 Å². The first-order valence-electron chi connectivity index (χ1n) is 12.6. The minimum atomic E-state index is -1.98. The van der Waals surface area contributed by atoms with Gasteiger partial charge in [0.05, 0.1) is 12.6 Å². The second-order valence-corrected chi connectivity index (χ2v) is 11.7. The number of amidine groups is 1. The summed E-state index contributed by atoms with van der Waals surface area (Å²) in [6, 6.07) is -0.00463. The van der Waals surface area contributed by atoms with Gasteiger partial charge in [0, 0.05) is 16.7 Å². The molecule has 6 aliphatic rings. The van der Waals surface area contributed by atoms with Crippen molar-refractivity contribution < 1.29 is 34.1 Å². The van der Waals surface area contributed by atoms with E-state index in [9.17, 15) is 29.7 Å². The number of Topliss-reactive ketones (excluding diaryl/α,β-unsaturated/α-hetero) is 1. The molecule has 1 unspecified atom stereocenters. The van der Waals surface area contributed by atoms with E-state index in [1.807, 2.05) is 0 Å². The molecular weight excluding hydrogens is 469 g/mol. The Hall–Kier alpha value is -2.43. The molecule has 10 heteroatoms. The van der Waals surface area contributed by atoms with Crippen molar-refractivity contribution in [3.8, 4) is 0 Å². The SMILES string of the molecule is C[C@@H]1C[C@H]2[C@@H]3CCC4=CC(=O)C=C[C@]4(C)[C@@]3(F)[C@@H](O)C[C@]2(C)[C@@]1(O)C(=O)CO.NC1=NC(=O)N2CC12. The smallest absolute Gasteiger partial charge is 0.346 e. The first-order chi connectivity index (χ1) is 16.8. The Labute approximate surface area is 208 Å². The molecule has 2 heterocycles. The van der Waals surface area contributed by atoms with Gasteiger partial charge in [0.1, 0.15) is 24.1 Å². The van der Waals surface area contributed by atoms with Crippen LogP contribution in [0.5, 0.6) is 0 Å². The molecule has 0 spiro atoms. The second kappa shape index (κ2) is 7.79. The lowest BCUT2D eigenvalue weighted by molar-refractivity contribution is -0.219. The van der Waals surface area contributed by atoms with E-state index in [2.05, 4.69) is 4.99 Å². The number of amides is 2. The van der Waals surface area contributed by atoms with E-state index in [1.54, 1.807) is 31.7 Å². The van der Waals surface area contributed by atoms with Crippen LogP contribution in [0.3, 0.4) is 0 Å². The first kappa shape index (κ1) is 25.2. The molecule has 0 aromatic heterocycles. The Morgan fingerprint density at radius 1 is 1.31 bits per heavy atom. The summed E-state index contributed by atoms with van der Waals surface area (Å²) < 4.78 is 16.9. The van der Waals surface area contributed by atoms with Crippen molar-refractivity contribution in [3.63, 3.8) is 0 Å². The number of hydrogen-bond acceptors (Lipinski definition) is 7. The van der Waals surface area contributed by atoms with Gasteiger partial charge in [0.25, 0.3) is 0 Å². The van der Waals surface area contributed by atoms with E-state index in [-0.39, 0.29) is 30.2 Å². The molecule has 36 heavy (non-hydrogen) atoms. The molecule has 2 aliphatic heterocycles. The third kappa shape index (κ3) is 2.98. The number of aliphatic hydroxyl groups excluding tert-OH is 2. The van der Waals surface area contributed by atoms with Crippen LogP contribution in [-0.2, 0) is 9.59 Å². The highest BCUT2D eigenvalue weighted by molar-refractivity contribution is 6.06. The van der Waals surface area contributed by atoms with Gasteiger partial charge in [0.2, 0.25) is 0 Å². The molecule has 196 valence electrons. The third-order valence-corrected chi connectivity index (χ3v) is 10.2. The van der Waals surface area contributed by atoms with Gasteiger partial charge in [-0.25, -0.2) is 9.18 Å². The van der Waals surface area contributed by atoms with Gasteiger partial charge < -0.3 is 26.0 Å². The van der Waals surface area contributed by atoms with Crippen molar-refractivity contribution >= 4 is 23.4 Å². The van der Waals surface area contributed by atoms with E-state index in [0.717, 1.165) is 6.54 Å². The Bertz CT molecular complexity index is 1140. The number of carbonyl (C=O) groups is 3. The van der Waals surface area contributed by atoms with Crippen molar-refractivity contribution in [1.82, 2.24) is 4.90 Å². The van der Waals surface area contributed by atoms with Crippen molar-refractivity contribution in [2.75, 3.05) is 13.2 Å². The summed E-state index contributed by atoms with van der Waals surface area (Å²) in [5.74, 6) is -1.64. The maximum Gasteiger partial charge on any atom is 0.346 e. The zero-order valence-corrected chi connectivity index (χ0v) is 20.8. The quantitative estimate of drug-likeness (QED) is 0.411. The van der Waals surface area contributed by atoms with E-state index < -0.39 is 52.4 Å². The van der Waals surface area contributed by atoms with Crippen LogP contribution in [-0.4, -0.2) is 80.2 Å². The van der Waals surface area contributed by atoms with Crippen molar-refractivity contribution in [1.29, 1.82) is 0 Å². The monoisotopic (exact) mass is 503 g/mol. The molecule has 4 aliphatic carbocycles. The lowest BCUT2D eigenvalue weighted by Gasteiger charge is -2.62. The summed E-state index contributed by atoms with van der Waals surface area (Å²) in [5.41, 5.74) is 0.129. The minimum Gasteiger partial charge on any atom is -0.390 e. The van der Waals surface area contributed by atoms with Crippen molar-refractivity contribution in [2.24, 2.45) is 39.3 Å². The molecule has 2 amide bonds. The average molecular weight is 504 g/mol. The van der Waals surface area contributed by atoms with Crippen LogP contribution in [0.4, 0.5) is 9.18 Å². The number of nitrogens with two attached hydrogens (primary N) is 1. The Kier molecular flexibility index (Phi) is 5.46. The number of fused-ring (bicyclic) bond motifs is 6. The highest BCUT2D eigenvalue weighted by Crippen LogP contribution is 2.70. The van der Waals surface area contributed by atoms with Crippen LogP contribution in [0.15, 0.2) is 28.8 Å². The number of nitrogens with zero attached hydrogens (tertiary/aromatic N) is 2. The summed E-state index contributed by atoms with van der Waals surface area (Å²) >= 11 is 0. The van der Waals surface area contributed by atoms with Crippen LogP contribution in [0.1, 0.15) is 46.5 Å². The third-order valence-electron chi connectivity index (χ3n) is 10.2. The standard InChI is InChI=1S/C22H29FO5.C4H5N3O/c1-12-8-16-15-5-4-13-9-14(25)6-7-19(13,2)21(15,23)17(26)10-20(16,3)22(12,28)18(27)11-24;5-3-2-1-7(2)4(8)6-3/h6-7,9,12,15-17,24,26,28H,4-5,8,10-11H2,1-3H3;2H,1H2,(H2,5,6,8)/t12-,15+,16+,17+,19+,20+,21+,22+;/m1./s1. The average Bonchev–Trinajstić information content (AvgIpc) is 3.55. The van der Waals surface area contributed by atoms with E-state index in [1.165, 1.54) is 12.2 Å². The molecule has 0 aromatic rings. The summed E-state index contributed by atoms with van der Waals surface area (Å²) in [7, 11) is 0. The molecule has 4 fully saturated rings. The van der Waals surface area contributed by atoms with Crippen LogP contribution < -0.4 is 5.73 Å². The maximum absolute atomic E-state index is 16.9. The van der Waals surface area contributed by atoms with Gasteiger partial charge in [-0.3, -0.25) is 9.59 Å². The fraction of sp³-hybridized carbons (Fsp3) is 0.692. The zero-order chi connectivity index (χ0) is 26.4. The largest absolute Gasteiger partial charge is 0.390 e. The number of alkyl halides is 1. The van der Waals surface area contributed by atoms with Gasteiger partial charge in [-0.2, -0.15) is 4.99 Å². The van der Waals surface area contributed by atoms with Crippen molar-refractivity contribution in [2.45, 2.75) is 69.9 Å². The van der Waals surface area contributed by atoms with Gasteiger partial charge >= 0.3 is 6.03 Å². The molecule has 0 radical (unpaired) electrons. The second-order valence-electron chi connectivity index (χ2n) is 11.7. The highest BCUT2D eigenvalue weighted by atomic mass is 19.1. The fourth-order valence-electron chi connectivity index (χ4n) is 8.11. The topological polar surface area (TPSA) is 153 Å². The van der Waals surface area contributed by atoms with E-state index >= 15 is 4.39 Å². The molecule has 9 atom stereocenters. The van der Waals surface area contributed by atoms with E-state index in [4.69, 9.17) is 5.73 Å². The zero-order valence-electron chi connectivity index (χ0n) is 20.8. The number of carbonyl (C=O) groups excluding carboxylic acids is 3. The molecule has 5 N–H and O–H groups in total. The molecule has 3 saturated carbocycles. The number of halogens is 1. The van der Waals surface area contributed by atoms with Gasteiger partial charge in [0.15, 0.2) is 17.2 Å². The number of allylic oxidation sites excluding steroid dienone is 4. The number of aliphatic hydroxyl groups is 3.